The van der Waals surface area contributed by atoms with Crippen LogP contribution in [0.1, 0.15) is 39.0 Å². The number of esters is 1. The number of aromatic amines is 1. The van der Waals surface area contributed by atoms with E-state index in [4.69, 9.17) is 9.47 Å². The Morgan fingerprint density at radius 2 is 1.75 bits per heavy atom. The standard InChI is InChI=1S/C25H29N3O4/c1-2-31-24(30)12-8-3-4-9-17-32-21-15-13-20(14-16-21)26-25-27-22(18-23(29)28-25)19-10-6-5-7-11-19/h5-7,10-11,13-16,18H,2-4,8-9,12,17H2,1H3,(H2,26,27,28,29). The summed E-state index contributed by atoms with van der Waals surface area (Å²) in [7, 11) is 0. The maximum absolute atomic E-state index is 12.0. The topological polar surface area (TPSA) is 93.3 Å². The minimum absolute atomic E-state index is 0.122. The number of rotatable bonds is 12. The molecule has 0 saturated heterocycles. The summed E-state index contributed by atoms with van der Waals surface area (Å²) >= 11 is 0. The van der Waals surface area contributed by atoms with Crippen molar-refractivity contribution in [2.45, 2.75) is 39.0 Å². The van der Waals surface area contributed by atoms with E-state index in [1.807, 2.05) is 61.5 Å². The van der Waals surface area contributed by atoms with Crippen LogP contribution >= 0.6 is 0 Å². The van der Waals surface area contributed by atoms with Crippen molar-refractivity contribution in [2.24, 2.45) is 0 Å². The molecule has 32 heavy (non-hydrogen) atoms. The molecule has 2 aromatic carbocycles. The van der Waals surface area contributed by atoms with Gasteiger partial charge >= 0.3 is 5.97 Å². The number of hydrogen-bond donors (Lipinski definition) is 2. The van der Waals surface area contributed by atoms with Crippen LogP contribution in [0.15, 0.2) is 65.5 Å². The van der Waals surface area contributed by atoms with Crippen LogP contribution in [0.4, 0.5) is 11.6 Å². The molecule has 0 aliphatic carbocycles. The molecular formula is C25H29N3O4. The lowest BCUT2D eigenvalue weighted by molar-refractivity contribution is -0.143. The van der Waals surface area contributed by atoms with E-state index in [-0.39, 0.29) is 11.5 Å². The lowest BCUT2D eigenvalue weighted by Crippen LogP contribution is -2.10. The molecule has 168 valence electrons. The van der Waals surface area contributed by atoms with E-state index in [1.54, 1.807) is 0 Å². The zero-order valence-corrected chi connectivity index (χ0v) is 18.3. The number of nitrogens with zero attached hydrogens (tertiary/aromatic N) is 1. The van der Waals surface area contributed by atoms with E-state index in [1.165, 1.54) is 6.07 Å². The minimum Gasteiger partial charge on any atom is -0.494 e. The Morgan fingerprint density at radius 3 is 2.50 bits per heavy atom. The second-order valence-electron chi connectivity index (χ2n) is 7.31. The van der Waals surface area contributed by atoms with Gasteiger partial charge in [-0.3, -0.25) is 14.6 Å². The van der Waals surface area contributed by atoms with Crippen LogP contribution in [0.3, 0.4) is 0 Å². The highest BCUT2D eigenvalue weighted by atomic mass is 16.5. The normalized spacial score (nSPS) is 10.5. The number of nitrogens with one attached hydrogen (secondary N) is 2. The first kappa shape index (κ1) is 23.1. The molecule has 0 saturated carbocycles. The van der Waals surface area contributed by atoms with Crippen LogP contribution < -0.4 is 15.6 Å². The first-order valence-electron chi connectivity index (χ1n) is 11.0. The molecule has 0 atom stereocenters. The van der Waals surface area contributed by atoms with E-state index in [2.05, 4.69) is 15.3 Å². The maximum atomic E-state index is 12.0. The van der Waals surface area contributed by atoms with Gasteiger partial charge in [-0.2, -0.15) is 0 Å². The zero-order valence-electron chi connectivity index (χ0n) is 18.3. The van der Waals surface area contributed by atoms with Gasteiger partial charge in [0.1, 0.15) is 5.75 Å². The number of anilines is 2. The third-order valence-corrected chi connectivity index (χ3v) is 4.78. The molecule has 0 bridgehead atoms. The number of ether oxygens (including phenoxy) is 2. The second kappa shape index (κ2) is 12.3. The summed E-state index contributed by atoms with van der Waals surface area (Å²) in [5.41, 5.74) is 2.07. The molecule has 2 N–H and O–H groups in total. The fraction of sp³-hybridized carbons (Fsp3) is 0.320. The Kier molecular flexibility index (Phi) is 8.86. The van der Waals surface area contributed by atoms with E-state index in [0.717, 1.165) is 42.7 Å². The van der Waals surface area contributed by atoms with Crippen molar-refractivity contribution in [3.63, 3.8) is 0 Å². The fourth-order valence-electron chi connectivity index (χ4n) is 3.19. The van der Waals surface area contributed by atoms with E-state index in [9.17, 15) is 9.59 Å². The molecule has 0 spiro atoms. The first-order valence-corrected chi connectivity index (χ1v) is 11.0. The van der Waals surface area contributed by atoms with E-state index in [0.29, 0.717) is 31.3 Å². The van der Waals surface area contributed by atoms with Gasteiger partial charge in [-0.25, -0.2) is 4.98 Å². The van der Waals surface area contributed by atoms with Crippen molar-refractivity contribution in [2.75, 3.05) is 18.5 Å². The first-order chi connectivity index (χ1) is 15.6. The average molecular weight is 436 g/mol. The Balaban J connectivity index is 1.44. The molecule has 3 aromatic rings. The number of H-pyrrole nitrogens is 1. The monoisotopic (exact) mass is 435 g/mol. The quantitative estimate of drug-likeness (QED) is 0.305. The Labute approximate surface area is 187 Å². The van der Waals surface area contributed by atoms with Gasteiger partial charge in [0, 0.05) is 23.7 Å². The zero-order chi connectivity index (χ0) is 22.6. The second-order valence-corrected chi connectivity index (χ2v) is 7.31. The van der Waals surface area contributed by atoms with Gasteiger partial charge in [0.25, 0.3) is 5.56 Å². The minimum atomic E-state index is -0.219. The summed E-state index contributed by atoms with van der Waals surface area (Å²) in [4.78, 5) is 30.5. The molecule has 3 rings (SSSR count). The van der Waals surface area contributed by atoms with Crippen molar-refractivity contribution < 1.29 is 14.3 Å². The van der Waals surface area contributed by atoms with Gasteiger partial charge in [0.05, 0.1) is 18.9 Å². The number of benzene rings is 2. The largest absolute Gasteiger partial charge is 0.494 e. The Bertz CT molecular complexity index is 1030. The maximum Gasteiger partial charge on any atom is 0.305 e. The highest BCUT2D eigenvalue weighted by Gasteiger charge is 2.05. The van der Waals surface area contributed by atoms with Crippen molar-refractivity contribution >= 4 is 17.6 Å². The van der Waals surface area contributed by atoms with Gasteiger partial charge in [0.15, 0.2) is 0 Å². The van der Waals surface area contributed by atoms with Crippen LogP contribution in [0.2, 0.25) is 0 Å². The van der Waals surface area contributed by atoms with Crippen molar-refractivity contribution in [1.82, 2.24) is 9.97 Å². The SMILES string of the molecule is CCOC(=O)CCCCCCOc1ccc(Nc2nc(-c3ccccc3)cc(=O)[nH]2)cc1. The van der Waals surface area contributed by atoms with Gasteiger partial charge in [-0.05, 0) is 44.0 Å². The van der Waals surface area contributed by atoms with Crippen molar-refractivity contribution in [1.29, 1.82) is 0 Å². The van der Waals surface area contributed by atoms with Crippen LogP contribution in [0.25, 0.3) is 11.3 Å². The van der Waals surface area contributed by atoms with Crippen LogP contribution in [0.5, 0.6) is 5.75 Å². The molecule has 0 aliphatic heterocycles. The van der Waals surface area contributed by atoms with Crippen LogP contribution in [-0.4, -0.2) is 29.2 Å². The van der Waals surface area contributed by atoms with E-state index >= 15 is 0 Å². The van der Waals surface area contributed by atoms with Crippen LogP contribution in [-0.2, 0) is 9.53 Å². The number of aromatic nitrogens is 2. The highest BCUT2D eigenvalue weighted by molar-refractivity contribution is 5.69. The molecule has 0 aliphatic rings. The summed E-state index contributed by atoms with van der Waals surface area (Å²) in [6.07, 6.45) is 4.26. The van der Waals surface area contributed by atoms with Crippen LogP contribution in [0, 0.1) is 0 Å². The molecule has 0 amide bonds. The number of unbranched alkanes of at least 4 members (excludes halogenated alkanes) is 3. The van der Waals surface area contributed by atoms with Gasteiger partial charge in [-0.15, -0.1) is 0 Å². The smallest absolute Gasteiger partial charge is 0.305 e. The molecule has 0 fully saturated rings. The summed E-state index contributed by atoms with van der Waals surface area (Å²) in [5.74, 6) is 1.04. The van der Waals surface area contributed by atoms with Gasteiger partial charge < -0.3 is 14.8 Å². The number of hydrogen-bond acceptors (Lipinski definition) is 6. The molecule has 7 nitrogen and oxygen atoms in total. The number of carbonyl (C=O) groups is 1. The summed E-state index contributed by atoms with van der Waals surface area (Å²) < 4.78 is 10.7. The molecule has 1 aromatic heterocycles. The molecule has 7 heteroatoms. The van der Waals surface area contributed by atoms with Gasteiger partial charge in [0.2, 0.25) is 5.95 Å². The summed E-state index contributed by atoms with van der Waals surface area (Å²) in [6, 6.07) is 18.6. The lowest BCUT2D eigenvalue weighted by Gasteiger charge is -2.09. The molecular weight excluding hydrogens is 406 g/mol. The lowest BCUT2D eigenvalue weighted by atomic mass is 10.1. The summed E-state index contributed by atoms with van der Waals surface area (Å²) in [6.45, 7) is 2.88. The average Bonchev–Trinajstić information content (AvgIpc) is 2.80. The fourth-order valence-corrected chi connectivity index (χ4v) is 3.19. The predicted molar refractivity (Wildman–Crippen MR) is 125 cm³/mol. The highest BCUT2D eigenvalue weighted by Crippen LogP contribution is 2.20. The van der Waals surface area contributed by atoms with Crippen molar-refractivity contribution in [3.05, 3.63) is 71.0 Å². The molecule has 0 unspecified atom stereocenters. The van der Waals surface area contributed by atoms with Gasteiger partial charge in [-0.1, -0.05) is 43.2 Å². The van der Waals surface area contributed by atoms with Crippen molar-refractivity contribution in [3.8, 4) is 17.0 Å². The third-order valence-electron chi connectivity index (χ3n) is 4.78. The molecule has 1 heterocycles. The Morgan fingerprint density at radius 1 is 1.00 bits per heavy atom. The summed E-state index contributed by atoms with van der Waals surface area (Å²) in [5, 5.41) is 3.13. The number of carbonyl (C=O) groups excluding carboxylic acids is 1. The third kappa shape index (κ3) is 7.58. The Hall–Kier alpha value is -3.61. The predicted octanol–water partition coefficient (Wildman–Crippen LogP) is 5.07. The molecule has 0 radical (unpaired) electrons. The van der Waals surface area contributed by atoms with E-state index < -0.39 is 0 Å².